The van der Waals surface area contributed by atoms with E-state index < -0.39 is 7.32 Å². The Morgan fingerprint density at radius 3 is 2.07 bits per heavy atom. The number of hydrogen-bond acceptors (Lipinski definition) is 9. The number of pyridine rings is 1. The summed E-state index contributed by atoms with van der Waals surface area (Å²) in [6, 6.07) is 4.92. The Kier molecular flexibility index (Phi) is 4.58. The van der Waals surface area contributed by atoms with Crippen LogP contribution in [-0.2, 0) is 9.59 Å². The van der Waals surface area contributed by atoms with Crippen LogP contribution in [0.25, 0.3) is 0 Å². The van der Waals surface area contributed by atoms with Crippen LogP contribution in [0.15, 0.2) is 47.6 Å². The summed E-state index contributed by atoms with van der Waals surface area (Å²) in [6.07, 6.45) is 3.02. The van der Waals surface area contributed by atoms with E-state index in [1.165, 1.54) is 18.3 Å². The zero-order valence-corrected chi connectivity index (χ0v) is 14.6. The van der Waals surface area contributed by atoms with Crippen LogP contribution in [0.2, 0.25) is 0 Å². The van der Waals surface area contributed by atoms with Crippen LogP contribution < -0.4 is 4.65 Å². The number of hydrogen-bond donors (Lipinski definition) is 2. The lowest BCUT2D eigenvalue weighted by atomic mass is 10.0. The first-order valence-electron chi connectivity index (χ1n) is 8.78. The molecule has 27 heavy (non-hydrogen) atoms. The molecule has 0 bridgehead atoms. The van der Waals surface area contributed by atoms with Crippen LogP contribution in [0.5, 0.6) is 5.88 Å². The largest absolute Gasteiger partial charge is 0.708 e. The molecule has 0 saturated carbocycles. The summed E-state index contributed by atoms with van der Waals surface area (Å²) in [5, 5.41) is 16.6. The highest BCUT2D eigenvalue weighted by Gasteiger charge is 2.43. The Bertz CT molecular complexity index is 814. The van der Waals surface area contributed by atoms with E-state index in [2.05, 4.69) is 9.64 Å². The van der Waals surface area contributed by atoms with Crippen molar-refractivity contribution in [2.24, 2.45) is 0 Å². The smallest absolute Gasteiger partial charge is 0.498 e. The molecule has 4 aliphatic rings. The lowest BCUT2D eigenvalue weighted by molar-refractivity contribution is -0.117. The molecule has 0 amide bonds. The summed E-state index contributed by atoms with van der Waals surface area (Å²) in [7, 11) is -1.80. The summed E-state index contributed by atoms with van der Waals surface area (Å²) >= 11 is 0. The number of Topliss-reactive ketones (excluding diaryl/α,β-unsaturated/α-hetero) is 1. The number of ketones is 2. The van der Waals surface area contributed by atoms with Crippen molar-refractivity contribution in [3.63, 3.8) is 0 Å². The second kappa shape index (κ2) is 7.05. The molecule has 9 nitrogen and oxygen atoms in total. The van der Waals surface area contributed by atoms with Crippen LogP contribution in [0.4, 0.5) is 0 Å². The fraction of sp³-hybridized carbons (Fsp3) is 0.353. The van der Waals surface area contributed by atoms with E-state index in [0.717, 1.165) is 39.3 Å². The van der Waals surface area contributed by atoms with Crippen LogP contribution >= 0.6 is 0 Å². The van der Waals surface area contributed by atoms with Gasteiger partial charge >= 0.3 is 7.32 Å². The highest BCUT2D eigenvalue weighted by molar-refractivity contribution is 6.33. The van der Waals surface area contributed by atoms with Crippen molar-refractivity contribution in [3.05, 3.63) is 47.6 Å². The maximum absolute atomic E-state index is 12.4. The number of nitrogens with zero attached hydrogens (tertiary/aromatic N) is 4. The Morgan fingerprint density at radius 2 is 1.56 bits per heavy atom. The molecule has 1 aromatic rings. The summed E-state index contributed by atoms with van der Waals surface area (Å²) < 4.78 is 4.41. The topological polar surface area (TPSA) is 106 Å². The van der Waals surface area contributed by atoms with Crippen molar-refractivity contribution in [2.45, 2.75) is 0 Å². The number of allylic oxidation sites excluding steroid dienone is 1. The first kappa shape index (κ1) is 17.6. The Labute approximate surface area is 156 Å². The van der Waals surface area contributed by atoms with E-state index in [9.17, 15) is 9.59 Å². The molecule has 3 fully saturated rings. The van der Waals surface area contributed by atoms with Crippen molar-refractivity contribution in [3.8, 4) is 5.88 Å². The van der Waals surface area contributed by atoms with Gasteiger partial charge in [-0.2, -0.15) is 0 Å². The first-order valence-corrected chi connectivity index (χ1v) is 8.78. The molecular formula is C17H19BN4O5. The van der Waals surface area contributed by atoms with Gasteiger partial charge in [-0.05, 0) is 12.1 Å². The van der Waals surface area contributed by atoms with Gasteiger partial charge in [0.15, 0.2) is 5.88 Å². The average Bonchev–Trinajstić information content (AvgIpc) is 3.46. The van der Waals surface area contributed by atoms with Crippen LogP contribution in [0.1, 0.15) is 0 Å². The first-order chi connectivity index (χ1) is 13.0. The summed E-state index contributed by atoms with van der Waals surface area (Å²) in [5.41, 5.74) is 1.89. The predicted octanol–water partition coefficient (Wildman–Crippen LogP) is -1.39. The minimum atomic E-state index is -1.80. The fourth-order valence-corrected chi connectivity index (χ4v) is 2.80. The molecule has 0 aromatic carbocycles. The van der Waals surface area contributed by atoms with Gasteiger partial charge in [0, 0.05) is 51.5 Å². The van der Waals surface area contributed by atoms with Crippen molar-refractivity contribution in [1.82, 2.24) is 19.7 Å². The standard InChI is InChI=1S/C12H13N3O2.C5H6BNO3/c16-9-7-8(13-1-2-13)12(17)11(15-5-6-15)10(9)14-3-4-14;8-6(9)10-5-3-1-2-4-7-5/h7H,1-6H2;1-4,8-9H. The molecule has 0 spiro atoms. The third-order valence-electron chi connectivity index (χ3n) is 4.35. The predicted molar refractivity (Wildman–Crippen MR) is 94.9 cm³/mol. The number of carbonyl (C=O) groups excluding carboxylic acids is 2. The van der Waals surface area contributed by atoms with E-state index >= 15 is 0 Å². The van der Waals surface area contributed by atoms with Crippen molar-refractivity contribution >= 4 is 18.9 Å². The molecule has 1 aromatic heterocycles. The number of rotatable bonds is 5. The average molecular weight is 370 g/mol. The van der Waals surface area contributed by atoms with Crippen molar-refractivity contribution in [2.75, 3.05) is 39.3 Å². The monoisotopic (exact) mass is 370 g/mol. The van der Waals surface area contributed by atoms with E-state index in [0.29, 0.717) is 17.1 Å². The summed E-state index contributed by atoms with van der Waals surface area (Å²) in [6.45, 7) is 5.41. The van der Waals surface area contributed by atoms with Gasteiger partial charge in [-0.3, -0.25) is 9.59 Å². The van der Waals surface area contributed by atoms with Gasteiger partial charge in [0.05, 0.1) is 5.70 Å². The third kappa shape index (κ3) is 4.12. The SMILES string of the molecule is O=C1C=C(N2CC2)C(=O)C(N2CC2)=C1N1CC1.OB(O)Oc1ccccn1. The number of aromatic nitrogens is 1. The lowest BCUT2D eigenvalue weighted by Gasteiger charge is -2.21. The van der Waals surface area contributed by atoms with Crippen molar-refractivity contribution < 1.29 is 24.3 Å². The summed E-state index contributed by atoms with van der Waals surface area (Å²) in [5.74, 6) is 0.241. The molecular weight excluding hydrogens is 351 g/mol. The second-order valence-corrected chi connectivity index (χ2v) is 6.49. The van der Waals surface area contributed by atoms with Gasteiger partial charge < -0.3 is 29.4 Å². The van der Waals surface area contributed by atoms with Gasteiger partial charge in [-0.1, -0.05) is 6.07 Å². The second-order valence-electron chi connectivity index (χ2n) is 6.49. The minimum Gasteiger partial charge on any atom is -0.498 e. The Hall–Kier alpha value is -2.85. The normalized spacial score (nSPS) is 20.1. The summed E-state index contributed by atoms with van der Waals surface area (Å²) in [4.78, 5) is 34.1. The van der Waals surface area contributed by atoms with Crippen LogP contribution in [-0.4, -0.2) is 87.9 Å². The molecule has 140 valence electrons. The molecule has 0 unspecified atom stereocenters. The Balaban J connectivity index is 0.000000155. The molecule has 5 rings (SSSR count). The molecule has 0 atom stereocenters. The molecule has 3 saturated heterocycles. The van der Waals surface area contributed by atoms with E-state index in [1.807, 2.05) is 14.7 Å². The van der Waals surface area contributed by atoms with Crippen LogP contribution in [0, 0.1) is 0 Å². The zero-order valence-electron chi connectivity index (χ0n) is 14.6. The molecule has 4 heterocycles. The molecule has 10 heteroatoms. The van der Waals surface area contributed by atoms with Gasteiger partial charge in [-0.15, -0.1) is 0 Å². The van der Waals surface area contributed by atoms with Gasteiger partial charge in [0.2, 0.25) is 11.6 Å². The van der Waals surface area contributed by atoms with Gasteiger partial charge in [0.1, 0.15) is 11.4 Å². The number of carbonyl (C=O) groups is 2. The quantitative estimate of drug-likeness (QED) is 0.368. The molecule has 0 radical (unpaired) electrons. The maximum Gasteiger partial charge on any atom is 0.708 e. The van der Waals surface area contributed by atoms with Crippen molar-refractivity contribution in [1.29, 1.82) is 0 Å². The zero-order chi connectivity index (χ0) is 19.0. The minimum absolute atomic E-state index is 0.00546. The fourth-order valence-electron chi connectivity index (χ4n) is 2.80. The highest BCUT2D eigenvalue weighted by atomic mass is 16.6. The third-order valence-corrected chi connectivity index (χ3v) is 4.35. The van der Waals surface area contributed by atoms with E-state index in [1.54, 1.807) is 12.1 Å². The van der Waals surface area contributed by atoms with Crippen LogP contribution in [0.3, 0.4) is 0 Å². The Morgan fingerprint density at radius 1 is 0.926 bits per heavy atom. The molecule has 1 aliphatic carbocycles. The molecule has 2 N–H and O–H groups in total. The van der Waals surface area contributed by atoms with E-state index in [4.69, 9.17) is 10.0 Å². The van der Waals surface area contributed by atoms with Gasteiger partial charge in [-0.25, -0.2) is 4.98 Å². The van der Waals surface area contributed by atoms with Gasteiger partial charge in [0.25, 0.3) is 0 Å². The lowest BCUT2D eigenvalue weighted by Crippen LogP contribution is -2.29. The van der Waals surface area contributed by atoms with E-state index in [-0.39, 0.29) is 17.4 Å². The highest BCUT2D eigenvalue weighted by Crippen LogP contribution is 2.33. The maximum atomic E-state index is 12.4. The molecule has 3 aliphatic heterocycles.